The molecule has 5 nitrogen and oxygen atoms in total. The van der Waals surface area contributed by atoms with Crippen LogP contribution in [0.3, 0.4) is 0 Å². The Morgan fingerprint density at radius 3 is 2.46 bits per heavy atom. The molecule has 0 saturated heterocycles. The number of benzene rings is 1. The fraction of sp³-hybridized carbons (Fsp3) is 0.263. The number of aromatic nitrogens is 3. The molecule has 0 aliphatic rings. The average molecular weight is 322 g/mol. The molecule has 5 heteroatoms. The first kappa shape index (κ1) is 16.4. The summed E-state index contributed by atoms with van der Waals surface area (Å²) in [6.07, 6.45) is 6.59. The first-order valence-corrected chi connectivity index (χ1v) is 8.08. The van der Waals surface area contributed by atoms with Crippen molar-refractivity contribution in [1.82, 2.24) is 20.1 Å². The Hall–Kier alpha value is -2.50. The molecule has 2 aromatic heterocycles. The largest absolute Gasteiger partial charge is 0.392 e. The molecule has 2 heterocycles. The molecular formula is C19H22N4O. The van der Waals surface area contributed by atoms with E-state index in [4.69, 9.17) is 5.11 Å². The van der Waals surface area contributed by atoms with Crippen LogP contribution in [-0.4, -0.2) is 26.4 Å². The van der Waals surface area contributed by atoms with Gasteiger partial charge in [-0.1, -0.05) is 24.3 Å². The van der Waals surface area contributed by atoms with Crippen LogP contribution in [0.15, 0.2) is 55.0 Å². The van der Waals surface area contributed by atoms with Gasteiger partial charge in [-0.2, -0.15) is 5.10 Å². The molecule has 0 spiro atoms. The number of pyridine rings is 1. The van der Waals surface area contributed by atoms with E-state index in [9.17, 15) is 0 Å². The second-order valence-corrected chi connectivity index (χ2v) is 5.81. The van der Waals surface area contributed by atoms with E-state index < -0.39 is 0 Å². The van der Waals surface area contributed by atoms with Gasteiger partial charge in [0, 0.05) is 43.3 Å². The van der Waals surface area contributed by atoms with Gasteiger partial charge < -0.3 is 10.4 Å². The van der Waals surface area contributed by atoms with Crippen molar-refractivity contribution in [2.45, 2.75) is 19.6 Å². The van der Waals surface area contributed by atoms with E-state index in [1.165, 1.54) is 11.1 Å². The van der Waals surface area contributed by atoms with Crippen molar-refractivity contribution in [3.8, 4) is 11.3 Å². The third-order valence-corrected chi connectivity index (χ3v) is 3.97. The highest BCUT2D eigenvalue weighted by Crippen LogP contribution is 2.20. The zero-order valence-electron chi connectivity index (χ0n) is 13.8. The highest BCUT2D eigenvalue weighted by atomic mass is 16.3. The summed E-state index contributed by atoms with van der Waals surface area (Å²) in [6, 6.07) is 12.0. The van der Waals surface area contributed by atoms with Crippen molar-refractivity contribution in [2.75, 3.05) is 6.54 Å². The van der Waals surface area contributed by atoms with Crippen molar-refractivity contribution in [2.24, 2.45) is 7.05 Å². The molecule has 0 unspecified atom stereocenters. The maximum Gasteiger partial charge on any atom is 0.0969 e. The number of aliphatic hydroxyl groups is 1. The van der Waals surface area contributed by atoms with Crippen molar-refractivity contribution >= 4 is 0 Å². The van der Waals surface area contributed by atoms with Crippen LogP contribution in [0.5, 0.6) is 0 Å². The normalized spacial score (nSPS) is 10.9. The fourth-order valence-corrected chi connectivity index (χ4v) is 2.69. The zero-order valence-corrected chi connectivity index (χ0v) is 13.8. The fourth-order valence-electron chi connectivity index (χ4n) is 2.69. The van der Waals surface area contributed by atoms with Gasteiger partial charge in [0.1, 0.15) is 0 Å². The molecule has 0 radical (unpaired) electrons. The molecule has 3 aromatic rings. The van der Waals surface area contributed by atoms with E-state index in [1.54, 1.807) is 12.4 Å². The Kier molecular flexibility index (Phi) is 5.36. The second-order valence-electron chi connectivity index (χ2n) is 5.81. The molecular weight excluding hydrogens is 300 g/mol. The number of aryl methyl sites for hydroxylation is 1. The molecule has 0 bridgehead atoms. The molecule has 0 amide bonds. The minimum Gasteiger partial charge on any atom is -0.392 e. The summed E-state index contributed by atoms with van der Waals surface area (Å²) in [5, 5.41) is 17.1. The van der Waals surface area contributed by atoms with Gasteiger partial charge in [-0.05, 0) is 36.2 Å². The highest BCUT2D eigenvalue weighted by Gasteiger charge is 2.09. The summed E-state index contributed by atoms with van der Waals surface area (Å²) in [4.78, 5) is 4.06. The second kappa shape index (κ2) is 7.86. The lowest BCUT2D eigenvalue weighted by Crippen LogP contribution is -2.16. The SMILES string of the molecule is Cn1cc(CNCCc2ccc(CO)cc2)c(-c2ccncc2)n1. The molecule has 0 fully saturated rings. The van der Waals surface area contributed by atoms with Crippen LogP contribution < -0.4 is 5.32 Å². The Labute approximate surface area is 142 Å². The number of nitrogens with zero attached hydrogens (tertiary/aromatic N) is 3. The first-order valence-electron chi connectivity index (χ1n) is 8.08. The minimum absolute atomic E-state index is 0.0946. The Morgan fingerprint density at radius 2 is 1.75 bits per heavy atom. The van der Waals surface area contributed by atoms with Crippen LogP contribution in [0, 0.1) is 0 Å². The lowest BCUT2D eigenvalue weighted by molar-refractivity contribution is 0.282. The van der Waals surface area contributed by atoms with E-state index in [2.05, 4.69) is 33.7 Å². The molecule has 0 aliphatic carbocycles. The van der Waals surface area contributed by atoms with Gasteiger partial charge in [-0.25, -0.2) is 0 Å². The van der Waals surface area contributed by atoms with E-state index >= 15 is 0 Å². The molecule has 0 atom stereocenters. The van der Waals surface area contributed by atoms with E-state index in [1.807, 2.05) is 36.0 Å². The van der Waals surface area contributed by atoms with Crippen molar-refractivity contribution in [3.05, 3.63) is 71.7 Å². The summed E-state index contributed by atoms with van der Waals surface area (Å²) in [6.45, 7) is 1.76. The van der Waals surface area contributed by atoms with Crippen LogP contribution in [0.4, 0.5) is 0 Å². The predicted octanol–water partition coefficient (Wildman–Crippen LogP) is 2.31. The Morgan fingerprint density at radius 1 is 1.04 bits per heavy atom. The van der Waals surface area contributed by atoms with Gasteiger partial charge in [0.2, 0.25) is 0 Å². The molecule has 1 aromatic carbocycles. The quantitative estimate of drug-likeness (QED) is 0.655. The van der Waals surface area contributed by atoms with Crippen molar-refractivity contribution in [3.63, 3.8) is 0 Å². The lowest BCUT2D eigenvalue weighted by atomic mass is 10.1. The van der Waals surface area contributed by atoms with Gasteiger partial charge in [0.25, 0.3) is 0 Å². The maximum absolute atomic E-state index is 9.07. The van der Waals surface area contributed by atoms with Gasteiger partial charge in [-0.15, -0.1) is 0 Å². The topological polar surface area (TPSA) is 63.0 Å². The summed E-state index contributed by atoms with van der Waals surface area (Å²) < 4.78 is 1.85. The van der Waals surface area contributed by atoms with E-state index in [0.717, 1.165) is 36.3 Å². The standard InChI is InChI=1S/C19H22N4O/c1-23-13-18(19(22-23)17-7-10-20-11-8-17)12-21-9-6-15-2-4-16(14-24)5-3-15/h2-5,7-8,10-11,13,21,24H,6,9,12,14H2,1H3. The number of rotatable bonds is 7. The Balaban J connectivity index is 1.57. The van der Waals surface area contributed by atoms with Crippen LogP contribution in [0.2, 0.25) is 0 Å². The van der Waals surface area contributed by atoms with Crippen molar-refractivity contribution in [1.29, 1.82) is 0 Å². The lowest BCUT2D eigenvalue weighted by Gasteiger charge is -2.06. The van der Waals surface area contributed by atoms with E-state index in [-0.39, 0.29) is 6.61 Å². The van der Waals surface area contributed by atoms with E-state index in [0.29, 0.717) is 0 Å². The number of nitrogens with one attached hydrogen (secondary N) is 1. The number of hydrogen-bond donors (Lipinski definition) is 2. The van der Waals surface area contributed by atoms with Gasteiger partial charge in [0.15, 0.2) is 0 Å². The molecule has 2 N–H and O–H groups in total. The Bertz CT molecular complexity index is 766. The van der Waals surface area contributed by atoms with Crippen LogP contribution in [-0.2, 0) is 26.6 Å². The molecule has 0 aliphatic heterocycles. The van der Waals surface area contributed by atoms with Gasteiger partial charge >= 0.3 is 0 Å². The molecule has 24 heavy (non-hydrogen) atoms. The summed E-state index contributed by atoms with van der Waals surface area (Å²) in [5.74, 6) is 0. The summed E-state index contributed by atoms with van der Waals surface area (Å²) in [5.41, 5.74) is 5.48. The van der Waals surface area contributed by atoms with Crippen LogP contribution >= 0.6 is 0 Å². The smallest absolute Gasteiger partial charge is 0.0969 e. The molecule has 0 saturated carbocycles. The monoisotopic (exact) mass is 322 g/mol. The van der Waals surface area contributed by atoms with Crippen molar-refractivity contribution < 1.29 is 5.11 Å². The summed E-state index contributed by atoms with van der Waals surface area (Å²) >= 11 is 0. The predicted molar refractivity (Wildman–Crippen MR) is 94.2 cm³/mol. The van der Waals surface area contributed by atoms with Gasteiger partial charge in [-0.3, -0.25) is 9.67 Å². The molecule has 124 valence electrons. The highest BCUT2D eigenvalue weighted by molar-refractivity contribution is 5.61. The zero-order chi connectivity index (χ0) is 16.8. The number of hydrogen-bond acceptors (Lipinski definition) is 4. The first-order chi connectivity index (χ1) is 11.8. The minimum atomic E-state index is 0.0946. The average Bonchev–Trinajstić information content (AvgIpc) is 3.01. The van der Waals surface area contributed by atoms with Crippen LogP contribution in [0.1, 0.15) is 16.7 Å². The summed E-state index contributed by atoms with van der Waals surface area (Å²) in [7, 11) is 1.94. The third kappa shape index (κ3) is 4.07. The van der Waals surface area contributed by atoms with Gasteiger partial charge in [0.05, 0.1) is 12.3 Å². The maximum atomic E-state index is 9.07. The third-order valence-electron chi connectivity index (χ3n) is 3.97. The number of aliphatic hydroxyl groups excluding tert-OH is 1. The molecule has 3 rings (SSSR count). The van der Waals surface area contributed by atoms with Crippen LogP contribution in [0.25, 0.3) is 11.3 Å².